The summed E-state index contributed by atoms with van der Waals surface area (Å²) in [6.45, 7) is 5.75. The smallest absolute Gasteiger partial charge is 0.411 e. The van der Waals surface area contributed by atoms with Gasteiger partial charge in [0.05, 0.1) is 0 Å². The van der Waals surface area contributed by atoms with E-state index in [2.05, 4.69) is 5.32 Å². The fourth-order valence-electron chi connectivity index (χ4n) is 3.33. The highest BCUT2D eigenvalue weighted by Crippen LogP contribution is 2.20. The first-order valence-electron chi connectivity index (χ1n) is 11.0. The summed E-state index contributed by atoms with van der Waals surface area (Å²) in [7, 11) is 0. The normalized spacial score (nSPS) is 11.0. The quantitative estimate of drug-likeness (QED) is 0.482. The monoisotopic (exact) mass is 445 g/mol. The number of anilines is 1. The molecule has 0 unspecified atom stereocenters. The van der Waals surface area contributed by atoms with E-state index in [0.717, 1.165) is 11.1 Å². The molecule has 6 heteroatoms. The van der Waals surface area contributed by atoms with Gasteiger partial charge < -0.3 is 15.4 Å². The maximum Gasteiger partial charge on any atom is 0.411 e. The molecule has 0 radical (unpaired) electrons. The number of hydrogen-bond donors (Lipinski definition) is 2. The number of nitrogens with two attached hydrogens (primary N) is 1. The van der Waals surface area contributed by atoms with Gasteiger partial charge in [0, 0.05) is 24.3 Å². The van der Waals surface area contributed by atoms with Crippen molar-refractivity contribution < 1.29 is 14.3 Å². The minimum absolute atomic E-state index is 0.0381. The predicted octanol–water partition coefficient (Wildman–Crippen LogP) is 5.06. The molecule has 6 nitrogen and oxygen atoms in total. The van der Waals surface area contributed by atoms with Crippen LogP contribution in [-0.2, 0) is 17.9 Å². The molecule has 3 aromatic rings. The molecule has 3 rings (SSSR count). The fourth-order valence-corrected chi connectivity index (χ4v) is 3.33. The topological polar surface area (TPSA) is 84.7 Å². The number of carbonyl (C=O) groups is 2. The fraction of sp³-hybridized carbons (Fsp3) is 0.259. The van der Waals surface area contributed by atoms with Crippen molar-refractivity contribution in [2.75, 3.05) is 18.4 Å². The Labute approximate surface area is 195 Å². The predicted molar refractivity (Wildman–Crippen MR) is 131 cm³/mol. The van der Waals surface area contributed by atoms with E-state index in [9.17, 15) is 9.59 Å². The number of nitrogens with one attached hydrogen (secondary N) is 1. The Morgan fingerprint density at radius 2 is 1.48 bits per heavy atom. The third kappa shape index (κ3) is 7.47. The van der Waals surface area contributed by atoms with Gasteiger partial charge in [-0.15, -0.1) is 0 Å². The molecule has 0 saturated heterocycles. The maximum absolute atomic E-state index is 13.2. The zero-order chi connectivity index (χ0) is 23.7. The van der Waals surface area contributed by atoms with Gasteiger partial charge >= 0.3 is 6.09 Å². The second-order valence-corrected chi connectivity index (χ2v) is 8.78. The van der Waals surface area contributed by atoms with E-state index in [0.29, 0.717) is 30.9 Å². The Hall–Kier alpha value is -3.64. The van der Waals surface area contributed by atoms with Crippen molar-refractivity contribution >= 4 is 17.7 Å². The van der Waals surface area contributed by atoms with Crippen molar-refractivity contribution in [3.63, 3.8) is 0 Å². The molecule has 2 amide bonds. The number of rotatable bonds is 9. The number of carbonyl (C=O) groups excluding carboxylic acids is 2. The van der Waals surface area contributed by atoms with Crippen LogP contribution in [0.15, 0.2) is 84.9 Å². The van der Waals surface area contributed by atoms with Crippen LogP contribution in [0, 0.1) is 5.41 Å². The maximum atomic E-state index is 13.2. The lowest BCUT2D eigenvalue weighted by Crippen LogP contribution is -2.41. The zero-order valence-corrected chi connectivity index (χ0v) is 19.2. The summed E-state index contributed by atoms with van der Waals surface area (Å²) in [6.07, 6.45) is -0.516. The van der Waals surface area contributed by atoms with Gasteiger partial charge in [0.25, 0.3) is 5.91 Å². The number of ether oxygens (including phenoxy) is 1. The summed E-state index contributed by atoms with van der Waals surface area (Å²) in [6, 6.07) is 26.2. The standard InChI is InChI=1S/C27H31N3O3/c1-27(2,19-28)20-30(25(31)23-11-7-4-8-12-23)17-21-13-15-24(16-14-21)29-26(32)33-18-22-9-5-3-6-10-22/h3-16H,17-20,28H2,1-2H3,(H,29,32). The Morgan fingerprint density at radius 1 is 0.879 bits per heavy atom. The molecular weight excluding hydrogens is 414 g/mol. The minimum atomic E-state index is -0.516. The molecule has 172 valence electrons. The van der Waals surface area contributed by atoms with E-state index in [1.807, 2.05) is 91.5 Å². The lowest BCUT2D eigenvalue weighted by atomic mass is 9.92. The molecule has 0 fully saturated rings. The summed E-state index contributed by atoms with van der Waals surface area (Å²) < 4.78 is 5.26. The van der Waals surface area contributed by atoms with Gasteiger partial charge in [-0.2, -0.15) is 0 Å². The van der Waals surface area contributed by atoms with E-state index in [1.165, 1.54) is 0 Å². The molecule has 0 aliphatic rings. The van der Waals surface area contributed by atoms with Crippen molar-refractivity contribution in [1.82, 2.24) is 4.90 Å². The van der Waals surface area contributed by atoms with Gasteiger partial charge in [0.1, 0.15) is 6.61 Å². The summed E-state index contributed by atoms with van der Waals surface area (Å²) in [4.78, 5) is 27.1. The molecule has 3 N–H and O–H groups in total. The van der Waals surface area contributed by atoms with Crippen LogP contribution in [-0.4, -0.2) is 30.0 Å². The summed E-state index contributed by atoms with van der Waals surface area (Å²) >= 11 is 0. The Morgan fingerprint density at radius 3 is 2.09 bits per heavy atom. The van der Waals surface area contributed by atoms with Crippen molar-refractivity contribution in [3.05, 3.63) is 102 Å². The Bertz CT molecular complexity index is 1040. The number of benzene rings is 3. The van der Waals surface area contributed by atoms with E-state index < -0.39 is 6.09 Å². The van der Waals surface area contributed by atoms with Crippen LogP contribution in [0.25, 0.3) is 0 Å². The molecule has 0 aliphatic heterocycles. The molecule has 0 aliphatic carbocycles. The molecule has 33 heavy (non-hydrogen) atoms. The lowest BCUT2D eigenvalue weighted by molar-refractivity contribution is 0.0673. The number of nitrogens with zero attached hydrogens (tertiary/aromatic N) is 1. The van der Waals surface area contributed by atoms with Crippen molar-refractivity contribution in [1.29, 1.82) is 0 Å². The molecule has 3 aromatic carbocycles. The highest BCUT2D eigenvalue weighted by Gasteiger charge is 2.24. The summed E-state index contributed by atoms with van der Waals surface area (Å²) in [5, 5.41) is 2.73. The largest absolute Gasteiger partial charge is 0.444 e. The average molecular weight is 446 g/mol. The lowest BCUT2D eigenvalue weighted by Gasteiger charge is -2.32. The van der Waals surface area contributed by atoms with Crippen molar-refractivity contribution in [2.45, 2.75) is 27.0 Å². The minimum Gasteiger partial charge on any atom is -0.444 e. The van der Waals surface area contributed by atoms with Gasteiger partial charge in [-0.25, -0.2) is 4.79 Å². The van der Waals surface area contributed by atoms with Gasteiger partial charge in [-0.3, -0.25) is 10.1 Å². The van der Waals surface area contributed by atoms with E-state index in [4.69, 9.17) is 10.5 Å². The molecule has 0 saturated carbocycles. The average Bonchev–Trinajstić information content (AvgIpc) is 2.84. The molecule has 0 atom stereocenters. The molecule has 0 heterocycles. The van der Waals surface area contributed by atoms with E-state index in [1.54, 1.807) is 12.1 Å². The van der Waals surface area contributed by atoms with Crippen LogP contribution >= 0.6 is 0 Å². The molecule has 0 aromatic heterocycles. The SMILES string of the molecule is CC(C)(CN)CN(Cc1ccc(NC(=O)OCc2ccccc2)cc1)C(=O)c1ccccc1. The van der Waals surface area contributed by atoms with E-state index in [-0.39, 0.29) is 17.9 Å². The second-order valence-electron chi connectivity index (χ2n) is 8.78. The highest BCUT2D eigenvalue weighted by molar-refractivity contribution is 5.94. The first kappa shape index (κ1) is 24.0. The van der Waals surface area contributed by atoms with Crippen LogP contribution in [0.4, 0.5) is 10.5 Å². The van der Waals surface area contributed by atoms with Crippen molar-refractivity contribution in [3.8, 4) is 0 Å². The van der Waals surface area contributed by atoms with Crippen molar-refractivity contribution in [2.24, 2.45) is 11.1 Å². The van der Waals surface area contributed by atoms with Crippen LogP contribution in [0.5, 0.6) is 0 Å². The van der Waals surface area contributed by atoms with Crippen LogP contribution < -0.4 is 11.1 Å². The van der Waals surface area contributed by atoms with Gasteiger partial charge in [-0.05, 0) is 47.4 Å². The van der Waals surface area contributed by atoms with Gasteiger partial charge in [0.15, 0.2) is 0 Å². The van der Waals surface area contributed by atoms with Crippen LogP contribution in [0.3, 0.4) is 0 Å². The van der Waals surface area contributed by atoms with Crippen LogP contribution in [0.1, 0.15) is 35.3 Å². The van der Waals surface area contributed by atoms with Gasteiger partial charge in [0.2, 0.25) is 0 Å². The number of amides is 2. The third-order valence-electron chi connectivity index (χ3n) is 5.27. The molecule has 0 bridgehead atoms. The first-order chi connectivity index (χ1) is 15.9. The Kier molecular flexibility index (Phi) is 8.22. The third-order valence-corrected chi connectivity index (χ3v) is 5.27. The summed E-state index contributed by atoms with van der Waals surface area (Å²) in [5.74, 6) is -0.0381. The Balaban J connectivity index is 1.63. The zero-order valence-electron chi connectivity index (χ0n) is 19.2. The summed E-state index contributed by atoms with van der Waals surface area (Å²) in [5.41, 5.74) is 8.86. The van der Waals surface area contributed by atoms with E-state index >= 15 is 0 Å². The molecule has 0 spiro atoms. The van der Waals surface area contributed by atoms with Crippen LogP contribution in [0.2, 0.25) is 0 Å². The highest BCUT2D eigenvalue weighted by atomic mass is 16.5. The second kappa shape index (κ2) is 11.3. The first-order valence-corrected chi connectivity index (χ1v) is 11.0. The molecular formula is C27H31N3O3. The van der Waals surface area contributed by atoms with Gasteiger partial charge in [-0.1, -0.05) is 74.5 Å². The number of hydrogen-bond acceptors (Lipinski definition) is 4.